The number of fused-ring (bicyclic) bond motifs is 1. The van der Waals surface area contributed by atoms with Crippen molar-refractivity contribution in [1.82, 2.24) is 0 Å². The molecular weight excluding hydrogens is 244 g/mol. The fourth-order valence-electron chi connectivity index (χ4n) is 1.48. The van der Waals surface area contributed by atoms with Gasteiger partial charge in [0.25, 0.3) is 0 Å². The maximum absolute atomic E-state index is 6.00. The molecule has 1 aliphatic rings. The second-order valence-electron chi connectivity index (χ2n) is 3.04. The Morgan fingerprint density at radius 2 is 2.07 bits per heavy atom. The van der Waals surface area contributed by atoms with Crippen LogP contribution in [0.15, 0.2) is 12.1 Å². The van der Waals surface area contributed by atoms with E-state index in [4.69, 9.17) is 33.7 Å². The molecule has 0 aromatic heterocycles. The van der Waals surface area contributed by atoms with Crippen LogP contribution in [0.3, 0.4) is 0 Å². The minimum absolute atomic E-state index is 0. The Bertz CT molecular complexity index is 343. The van der Waals surface area contributed by atoms with Crippen LogP contribution in [0.1, 0.15) is 18.0 Å². The topological polar surface area (TPSA) is 35.2 Å². The fourth-order valence-corrected chi connectivity index (χ4v) is 2.10. The van der Waals surface area contributed by atoms with E-state index in [0.29, 0.717) is 16.7 Å². The van der Waals surface area contributed by atoms with Gasteiger partial charge in [0, 0.05) is 23.0 Å². The van der Waals surface area contributed by atoms with Crippen LogP contribution in [0.4, 0.5) is 0 Å². The summed E-state index contributed by atoms with van der Waals surface area (Å²) in [5.41, 5.74) is 6.76. The van der Waals surface area contributed by atoms with Gasteiger partial charge in [-0.25, -0.2) is 0 Å². The van der Waals surface area contributed by atoms with Crippen molar-refractivity contribution in [2.24, 2.45) is 5.73 Å². The van der Waals surface area contributed by atoms with Gasteiger partial charge < -0.3 is 10.5 Å². The molecule has 1 heterocycles. The highest BCUT2D eigenvalue weighted by molar-refractivity contribution is 6.35. The second-order valence-corrected chi connectivity index (χ2v) is 3.89. The van der Waals surface area contributed by atoms with E-state index >= 15 is 0 Å². The molecule has 0 saturated carbocycles. The third kappa shape index (κ3) is 2.09. The van der Waals surface area contributed by atoms with Crippen molar-refractivity contribution in [3.8, 4) is 5.75 Å². The highest BCUT2D eigenvalue weighted by Crippen LogP contribution is 2.38. The summed E-state index contributed by atoms with van der Waals surface area (Å²) in [6.45, 7) is 0.630. The van der Waals surface area contributed by atoms with Gasteiger partial charge in [-0.05, 0) is 12.1 Å². The average molecular weight is 255 g/mol. The minimum atomic E-state index is -0.0338. The van der Waals surface area contributed by atoms with Crippen molar-refractivity contribution in [2.45, 2.75) is 12.5 Å². The Labute approximate surface area is 98.7 Å². The zero-order valence-electron chi connectivity index (χ0n) is 7.30. The lowest BCUT2D eigenvalue weighted by Crippen LogP contribution is -2.20. The Kier molecular flexibility index (Phi) is 3.90. The molecule has 2 nitrogen and oxygen atoms in total. The summed E-state index contributed by atoms with van der Waals surface area (Å²) >= 11 is 11.8. The van der Waals surface area contributed by atoms with Crippen molar-refractivity contribution >= 4 is 35.6 Å². The molecule has 1 aliphatic heterocycles. The van der Waals surface area contributed by atoms with Gasteiger partial charge in [-0.2, -0.15) is 0 Å². The number of ether oxygens (including phenoxy) is 1. The first-order chi connectivity index (χ1) is 6.18. The van der Waals surface area contributed by atoms with Crippen LogP contribution in [0.25, 0.3) is 0 Å². The molecule has 0 fully saturated rings. The van der Waals surface area contributed by atoms with Crippen LogP contribution < -0.4 is 10.5 Å². The van der Waals surface area contributed by atoms with Crippen molar-refractivity contribution in [3.63, 3.8) is 0 Å². The number of rotatable bonds is 0. The van der Waals surface area contributed by atoms with Crippen molar-refractivity contribution in [3.05, 3.63) is 27.7 Å². The summed E-state index contributed by atoms with van der Waals surface area (Å²) in [4.78, 5) is 0. The highest BCUT2D eigenvalue weighted by Gasteiger charge is 2.21. The van der Waals surface area contributed by atoms with Crippen molar-refractivity contribution in [1.29, 1.82) is 0 Å². The molecule has 5 heteroatoms. The van der Waals surface area contributed by atoms with Crippen LogP contribution in [0, 0.1) is 0 Å². The van der Waals surface area contributed by atoms with Gasteiger partial charge in [0.1, 0.15) is 5.75 Å². The number of hydrogen-bond acceptors (Lipinski definition) is 2. The van der Waals surface area contributed by atoms with Crippen LogP contribution in [0.5, 0.6) is 5.75 Å². The Balaban J connectivity index is 0.000000980. The van der Waals surface area contributed by atoms with E-state index in [1.807, 2.05) is 0 Å². The molecule has 0 saturated heterocycles. The quantitative estimate of drug-likeness (QED) is 0.772. The molecule has 1 atom stereocenters. The molecule has 0 bridgehead atoms. The maximum atomic E-state index is 6.00. The summed E-state index contributed by atoms with van der Waals surface area (Å²) < 4.78 is 5.41. The molecule has 0 amide bonds. The first-order valence-corrected chi connectivity index (χ1v) is 4.81. The molecule has 2 N–H and O–H groups in total. The van der Waals surface area contributed by atoms with Gasteiger partial charge >= 0.3 is 0 Å². The lowest BCUT2D eigenvalue weighted by Gasteiger charge is -2.24. The minimum Gasteiger partial charge on any atom is -0.493 e. The number of hydrogen-bond donors (Lipinski definition) is 1. The highest BCUT2D eigenvalue weighted by atomic mass is 35.5. The Hall–Kier alpha value is -0.150. The summed E-state index contributed by atoms with van der Waals surface area (Å²) in [6.07, 6.45) is 0.800. The predicted molar refractivity (Wildman–Crippen MR) is 60.8 cm³/mol. The molecule has 0 aliphatic carbocycles. The van der Waals surface area contributed by atoms with E-state index in [1.165, 1.54) is 0 Å². The largest absolute Gasteiger partial charge is 0.493 e. The molecule has 1 aromatic rings. The van der Waals surface area contributed by atoms with Gasteiger partial charge in [0.15, 0.2) is 0 Å². The molecule has 1 aromatic carbocycles. The number of benzene rings is 1. The fraction of sp³-hybridized carbons (Fsp3) is 0.333. The van der Waals surface area contributed by atoms with Crippen LogP contribution in [-0.2, 0) is 0 Å². The maximum Gasteiger partial charge on any atom is 0.127 e. The van der Waals surface area contributed by atoms with Gasteiger partial charge in [-0.15, -0.1) is 12.4 Å². The standard InChI is InChI=1S/C9H9Cl2NO.ClH/c10-5-3-6(11)9-7(12)1-2-13-8(9)4-5;/h3-4,7H,1-2,12H2;1H/t7-;/m0./s1. The third-order valence-electron chi connectivity index (χ3n) is 2.11. The lowest BCUT2D eigenvalue weighted by atomic mass is 10.0. The zero-order valence-corrected chi connectivity index (χ0v) is 9.62. The normalized spacial score (nSPS) is 19.2. The molecular formula is C9H10Cl3NO. The molecule has 78 valence electrons. The number of halogens is 3. The molecule has 0 spiro atoms. The van der Waals surface area contributed by atoms with Gasteiger partial charge in [0.2, 0.25) is 0 Å². The predicted octanol–water partition coefficient (Wildman–Crippen LogP) is 3.20. The van der Waals surface area contributed by atoms with E-state index in [1.54, 1.807) is 12.1 Å². The van der Waals surface area contributed by atoms with Crippen LogP contribution >= 0.6 is 35.6 Å². The molecule has 14 heavy (non-hydrogen) atoms. The third-order valence-corrected chi connectivity index (χ3v) is 2.64. The second kappa shape index (κ2) is 4.58. The van der Waals surface area contributed by atoms with Gasteiger partial charge in [-0.3, -0.25) is 0 Å². The Morgan fingerprint density at radius 1 is 1.36 bits per heavy atom. The van der Waals surface area contributed by atoms with E-state index in [0.717, 1.165) is 17.7 Å². The van der Waals surface area contributed by atoms with E-state index < -0.39 is 0 Å². The van der Waals surface area contributed by atoms with Gasteiger partial charge in [0.05, 0.1) is 11.6 Å². The van der Waals surface area contributed by atoms with E-state index in [9.17, 15) is 0 Å². The summed E-state index contributed by atoms with van der Waals surface area (Å²) in [6, 6.07) is 3.41. The van der Waals surface area contributed by atoms with Gasteiger partial charge in [-0.1, -0.05) is 23.2 Å². The number of nitrogens with two attached hydrogens (primary N) is 1. The first-order valence-electron chi connectivity index (χ1n) is 4.06. The smallest absolute Gasteiger partial charge is 0.127 e. The van der Waals surface area contributed by atoms with Crippen LogP contribution in [0.2, 0.25) is 10.0 Å². The SMILES string of the molecule is Cl.N[C@H]1CCOc2cc(Cl)cc(Cl)c21. The zero-order chi connectivity index (χ0) is 9.42. The molecule has 2 rings (SSSR count). The van der Waals surface area contributed by atoms with Crippen molar-refractivity contribution < 1.29 is 4.74 Å². The van der Waals surface area contributed by atoms with E-state index in [-0.39, 0.29) is 18.4 Å². The average Bonchev–Trinajstić information content (AvgIpc) is 2.02. The lowest BCUT2D eigenvalue weighted by molar-refractivity contribution is 0.269. The summed E-state index contributed by atoms with van der Waals surface area (Å²) in [5, 5.41) is 1.17. The first kappa shape index (κ1) is 11.9. The van der Waals surface area contributed by atoms with E-state index in [2.05, 4.69) is 0 Å². The molecule has 0 radical (unpaired) electrons. The van der Waals surface area contributed by atoms with Crippen molar-refractivity contribution in [2.75, 3.05) is 6.61 Å². The summed E-state index contributed by atoms with van der Waals surface area (Å²) in [7, 11) is 0. The summed E-state index contributed by atoms with van der Waals surface area (Å²) in [5.74, 6) is 0.719. The monoisotopic (exact) mass is 253 g/mol. The molecule has 0 unspecified atom stereocenters. The van der Waals surface area contributed by atoms with Crippen LogP contribution in [-0.4, -0.2) is 6.61 Å². The Morgan fingerprint density at radius 3 is 2.79 bits per heavy atom.